The molecule has 2 amide bonds. The predicted molar refractivity (Wildman–Crippen MR) is 113 cm³/mol. The molecule has 0 bridgehead atoms. The number of aromatic nitrogens is 2. The molecule has 2 aromatic rings. The third kappa shape index (κ3) is 3.61. The Labute approximate surface area is 180 Å². The lowest BCUT2D eigenvalue weighted by molar-refractivity contribution is 0.0920. The molecule has 2 aliphatic carbocycles. The Morgan fingerprint density at radius 3 is 3.03 bits per heavy atom. The van der Waals surface area contributed by atoms with E-state index in [0.717, 1.165) is 41.5 Å². The molecule has 1 N–H and O–H groups in total. The second-order valence-corrected chi connectivity index (χ2v) is 10.6. The first-order chi connectivity index (χ1) is 14.9. The SMILES string of the molecule is COC[C@@H]1Cn2ncc([S@@](C)(=O)=NC(=O)Nc3c4c(cc5c3C[C@H](F)C5)CCC4)c2O1. The molecule has 0 radical (unpaired) electrons. The maximum atomic E-state index is 14.1. The first-order valence-electron chi connectivity index (χ1n) is 10.4. The van der Waals surface area contributed by atoms with Gasteiger partial charge in [0.1, 0.15) is 17.2 Å². The number of amides is 2. The second-order valence-electron chi connectivity index (χ2n) is 8.40. The highest BCUT2D eigenvalue weighted by molar-refractivity contribution is 7.93. The average Bonchev–Trinajstić information content (AvgIpc) is 3.43. The number of rotatable bonds is 4. The fourth-order valence-electron chi connectivity index (χ4n) is 4.81. The van der Waals surface area contributed by atoms with Gasteiger partial charge in [0.05, 0.1) is 29.1 Å². The Kier molecular flexibility index (Phi) is 5.01. The summed E-state index contributed by atoms with van der Waals surface area (Å²) in [5, 5.41) is 7.05. The highest BCUT2D eigenvalue weighted by Crippen LogP contribution is 2.39. The maximum Gasteiger partial charge on any atom is 0.353 e. The molecule has 0 unspecified atom stereocenters. The van der Waals surface area contributed by atoms with Crippen LogP contribution in [0.4, 0.5) is 14.9 Å². The van der Waals surface area contributed by atoms with Gasteiger partial charge in [-0.2, -0.15) is 5.10 Å². The van der Waals surface area contributed by atoms with E-state index in [1.54, 1.807) is 11.8 Å². The number of urea groups is 1. The standard InChI is InChI=1S/C21H25FN4O4S/c1-29-11-15-10-26-20(30-15)18(9-23-26)31(2,28)25-21(27)24-19-16-5-3-4-12(16)6-13-7-14(22)8-17(13)19/h6,9,14-15H,3-5,7-8,10-11H2,1-2H3,(H,24,27)/t14-,15+,31-/m1/s1. The molecule has 3 atom stereocenters. The molecule has 1 aliphatic heterocycles. The van der Waals surface area contributed by atoms with Crippen LogP contribution in [0.5, 0.6) is 5.88 Å². The summed E-state index contributed by atoms with van der Waals surface area (Å²) in [6, 6.07) is 1.38. The number of alkyl halides is 1. The summed E-state index contributed by atoms with van der Waals surface area (Å²) in [6.07, 6.45) is 5.09. The van der Waals surface area contributed by atoms with E-state index in [-0.39, 0.29) is 17.4 Å². The third-order valence-corrected chi connectivity index (χ3v) is 7.74. The van der Waals surface area contributed by atoms with Gasteiger partial charge in [-0.15, -0.1) is 4.36 Å². The minimum atomic E-state index is -3.10. The Bertz CT molecular complexity index is 1180. The molecule has 31 heavy (non-hydrogen) atoms. The second kappa shape index (κ2) is 7.59. The number of aryl methyl sites for hydroxylation is 1. The molecule has 0 fully saturated rings. The lowest BCUT2D eigenvalue weighted by Gasteiger charge is -2.15. The number of hydrogen-bond donors (Lipinski definition) is 1. The van der Waals surface area contributed by atoms with Crippen LogP contribution in [0.25, 0.3) is 0 Å². The predicted octanol–water partition coefficient (Wildman–Crippen LogP) is 2.90. The molecule has 5 rings (SSSR count). The van der Waals surface area contributed by atoms with Crippen LogP contribution in [-0.4, -0.2) is 52.3 Å². The third-order valence-electron chi connectivity index (χ3n) is 6.13. The number of halogens is 1. The lowest BCUT2D eigenvalue weighted by Crippen LogP contribution is -2.21. The van der Waals surface area contributed by atoms with Gasteiger partial charge in [0.25, 0.3) is 0 Å². The lowest BCUT2D eigenvalue weighted by atomic mass is 9.99. The molecule has 8 nitrogen and oxygen atoms in total. The molecule has 0 saturated heterocycles. The van der Waals surface area contributed by atoms with Crippen molar-refractivity contribution in [2.24, 2.45) is 4.36 Å². The van der Waals surface area contributed by atoms with Crippen molar-refractivity contribution in [1.29, 1.82) is 0 Å². The van der Waals surface area contributed by atoms with Crippen LogP contribution in [-0.2, 0) is 46.7 Å². The van der Waals surface area contributed by atoms with E-state index in [0.29, 0.717) is 31.1 Å². The fourth-order valence-corrected chi connectivity index (χ4v) is 5.99. The van der Waals surface area contributed by atoms with Gasteiger partial charge in [-0.05, 0) is 41.5 Å². The minimum Gasteiger partial charge on any atom is -0.469 e. The summed E-state index contributed by atoms with van der Waals surface area (Å²) >= 11 is 0. The Morgan fingerprint density at radius 1 is 1.39 bits per heavy atom. The van der Waals surface area contributed by atoms with Crippen LogP contribution in [0.15, 0.2) is 21.5 Å². The van der Waals surface area contributed by atoms with Crippen LogP contribution >= 0.6 is 0 Å². The monoisotopic (exact) mass is 448 g/mol. The molecule has 0 saturated carbocycles. The van der Waals surface area contributed by atoms with E-state index in [1.165, 1.54) is 12.5 Å². The number of carbonyl (C=O) groups is 1. The Morgan fingerprint density at radius 2 is 2.23 bits per heavy atom. The van der Waals surface area contributed by atoms with Crippen molar-refractivity contribution >= 4 is 21.4 Å². The van der Waals surface area contributed by atoms with Crippen molar-refractivity contribution in [1.82, 2.24) is 9.78 Å². The zero-order chi connectivity index (χ0) is 21.8. The van der Waals surface area contributed by atoms with Crippen molar-refractivity contribution in [2.75, 3.05) is 25.3 Å². The van der Waals surface area contributed by atoms with Crippen LogP contribution in [0.3, 0.4) is 0 Å². The van der Waals surface area contributed by atoms with E-state index in [2.05, 4.69) is 20.8 Å². The van der Waals surface area contributed by atoms with Gasteiger partial charge in [-0.25, -0.2) is 18.1 Å². The molecule has 1 aromatic heterocycles. The molecular weight excluding hydrogens is 423 g/mol. The summed E-state index contributed by atoms with van der Waals surface area (Å²) in [5.41, 5.74) is 4.67. The number of anilines is 1. The maximum absolute atomic E-state index is 14.1. The van der Waals surface area contributed by atoms with Gasteiger partial charge in [0.15, 0.2) is 0 Å². The van der Waals surface area contributed by atoms with Crippen molar-refractivity contribution < 1.29 is 22.9 Å². The smallest absolute Gasteiger partial charge is 0.353 e. The van der Waals surface area contributed by atoms with E-state index in [4.69, 9.17) is 9.47 Å². The number of fused-ring (bicyclic) bond motifs is 3. The molecular formula is C21H25FN4O4S. The van der Waals surface area contributed by atoms with Crippen molar-refractivity contribution in [3.63, 3.8) is 0 Å². The zero-order valence-electron chi connectivity index (χ0n) is 17.5. The first-order valence-corrected chi connectivity index (χ1v) is 12.3. The highest BCUT2D eigenvalue weighted by atomic mass is 32.2. The van der Waals surface area contributed by atoms with Gasteiger partial charge in [-0.1, -0.05) is 6.07 Å². The van der Waals surface area contributed by atoms with E-state index < -0.39 is 21.9 Å². The quantitative estimate of drug-likeness (QED) is 0.776. The summed E-state index contributed by atoms with van der Waals surface area (Å²) in [6.45, 7) is 0.864. The van der Waals surface area contributed by atoms with Gasteiger partial charge >= 0.3 is 6.03 Å². The Balaban J connectivity index is 1.44. The van der Waals surface area contributed by atoms with E-state index in [9.17, 15) is 13.4 Å². The number of benzene rings is 1. The topological polar surface area (TPSA) is 94.8 Å². The zero-order valence-corrected chi connectivity index (χ0v) is 18.3. The minimum absolute atomic E-state index is 0.223. The summed E-state index contributed by atoms with van der Waals surface area (Å²) in [4.78, 5) is 13.1. The molecule has 0 spiro atoms. The van der Waals surface area contributed by atoms with Crippen molar-refractivity contribution in [3.8, 4) is 5.88 Å². The number of nitrogens with one attached hydrogen (secondary N) is 1. The van der Waals surface area contributed by atoms with Crippen LogP contribution in [0, 0.1) is 0 Å². The van der Waals surface area contributed by atoms with Crippen LogP contribution in [0.2, 0.25) is 0 Å². The number of ether oxygens (including phenoxy) is 2. The van der Waals surface area contributed by atoms with Crippen LogP contribution in [0.1, 0.15) is 28.7 Å². The molecule has 166 valence electrons. The normalized spacial score (nSPS) is 22.9. The Hall–Kier alpha value is -2.46. The molecule has 3 aliphatic rings. The summed E-state index contributed by atoms with van der Waals surface area (Å²) in [5.74, 6) is 0.355. The number of methoxy groups -OCH3 is 1. The summed E-state index contributed by atoms with van der Waals surface area (Å²) < 4.78 is 43.9. The largest absolute Gasteiger partial charge is 0.469 e. The van der Waals surface area contributed by atoms with Crippen LogP contribution < -0.4 is 10.1 Å². The highest BCUT2D eigenvalue weighted by Gasteiger charge is 2.32. The van der Waals surface area contributed by atoms with E-state index in [1.807, 2.05) is 0 Å². The number of carbonyl (C=O) groups excluding carboxylic acids is 1. The molecule has 1 aromatic carbocycles. The van der Waals surface area contributed by atoms with Gasteiger partial charge in [-0.3, -0.25) is 0 Å². The van der Waals surface area contributed by atoms with E-state index >= 15 is 0 Å². The van der Waals surface area contributed by atoms with Crippen molar-refractivity contribution in [2.45, 2.75) is 55.8 Å². The molecule has 2 heterocycles. The summed E-state index contributed by atoms with van der Waals surface area (Å²) in [7, 11) is -1.52. The number of hydrogen-bond acceptors (Lipinski definition) is 5. The fraction of sp³-hybridized carbons (Fsp3) is 0.524. The average molecular weight is 449 g/mol. The van der Waals surface area contributed by atoms with Crippen molar-refractivity contribution in [3.05, 3.63) is 34.5 Å². The molecule has 10 heteroatoms. The van der Waals surface area contributed by atoms with Gasteiger partial charge < -0.3 is 14.8 Å². The first kappa shape index (κ1) is 20.4. The van der Waals surface area contributed by atoms with Gasteiger partial charge in [0, 0.05) is 31.9 Å². The number of nitrogens with zero attached hydrogens (tertiary/aromatic N) is 3. The van der Waals surface area contributed by atoms with Gasteiger partial charge in [0.2, 0.25) is 5.88 Å².